The van der Waals surface area contributed by atoms with Gasteiger partial charge in [-0.05, 0) is 44.2 Å². The Morgan fingerprint density at radius 1 is 1.31 bits per heavy atom. The molecule has 0 heterocycles. The fourth-order valence-corrected chi connectivity index (χ4v) is 1.11. The fraction of sp³-hybridized carbons (Fsp3) is 0.231. The number of hydrogen-bond acceptors (Lipinski definition) is 3. The quantitative estimate of drug-likeness (QED) is 0.454. The molecule has 3 nitrogen and oxygen atoms in total. The molecular formula is C13H18N2O. The van der Waals surface area contributed by atoms with Crippen LogP contribution < -0.4 is 16.0 Å². The van der Waals surface area contributed by atoms with Crippen molar-refractivity contribution >= 4 is 5.69 Å². The molecule has 0 bridgehead atoms. The molecule has 0 saturated heterocycles. The average Bonchev–Trinajstić information content (AvgIpc) is 2.29. The number of rotatable bonds is 5. The van der Waals surface area contributed by atoms with Crippen molar-refractivity contribution in [1.29, 1.82) is 0 Å². The number of allylic oxidation sites excluding steroid dienone is 3. The zero-order chi connectivity index (χ0) is 11.8. The van der Waals surface area contributed by atoms with E-state index in [4.69, 9.17) is 10.6 Å². The minimum atomic E-state index is 0.569. The van der Waals surface area contributed by atoms with Gasteiger partial charge in [0.2, 0.25) is 0 Å². The Bertz CT molecular complexity index is 362. The van der Waals surface area contributed by atoms with Crippen LogP contribution in [-0.4, -0.2) is 6.61 Å². The van der Waals surface area contributed by atoms with Crippen LogP contribution in [0.3, 0.4) is 0 Å². The third-order valence-electron chi connectivity index (χ3n) is 1.93. The van der Waals surface area contributed by atoms with Crippen LogP contribution in [0.5, 0.6) is 5.75 Å². The summed E-state index contributed by atoms with van der Waals surface area (Å²) in [5, 5.41) is 0. The minimum absolute atomic E-state index is 0.569. The lowest BCUT2D eigenvalue weighted by atomic mass is 10.3. The molecule has 16 heavy (non-hydrogen) atoms. The SMILES string of the molecule is CC(C)=C/C=C\COc1ccc(NN)cc1. The Hall–Kier alpha value is -1.74. The second-order valence-electron chi connectivity index (χ2n) is 3.65. The molecule has 0 aromatic heterocycles. The standard InChI is InChI=1S/C13H18N2O/c1-11(2)5-3-4-10-16-13-8-6-12(15-14)7-9-13/h3-9,15H,10,14H2,1-2H3/b4-3-. The van der Waals surface area contributed by atoms with Crippen LogP contribution in [0.4, 0.5) is 5.69 Å². The van der Waals surface area contributed by atoms with Gasteiger partial charge in [-0.25, -0.2) is 0 Å². The summed E-state index contributed by atoms with van der Waals surface area (Å²) in [6.45, 7) is 4.69. The molecule has 1 rings (SSSR count). The van der Waals surface area contributed by atoms with Gasteiger partial charge in [-0.15, -0.1) is 0 Å². The van der Waals surface area contributed by atoms with Crippen molar-refractivity contribution in [3.8, 4) is 5.75 Å². The first-order valence-corrected chi connectivity index (χ1v) is 5.22. The highest BCUT2D eigenvalue weighted by atomic mass is 16.5. The van der Waals surface area contributed by atoms with E-state index in [0.29, 0.717) is 6.61 Å². The Morgan fingerprint density at radius 2 is 2.00 bits per heavy atom. The molecule has 0 aliphatic rings. The van der Waals surface area contributed by atoms with Crippen LogP contribution >= 0.6 is 0 Å². The first kappa shape index (κ1) is 12.3. The van der Waals surface area contributed by atoms with Crippen molar-refractivity contribution < 1.29 is 4.74 Å². The number of nitrogen functional groups attached to an aromatic ring is 1. The summed E-state index contributed by atoms with van der Waals surface area (Å²) in [7, 11) is 0. The van der Waals surface area contributed by atoms with Gasteiger partial charge in [-0.1, -0.05) is 17.7 Å². The van der Waals surface area contributed by atoms with Crippen LogP contribution in [0, 0.1) is 0 Å². The molecular weight excluding hydrogens is 200 g/mol. The molecule has 1 aromatic rings. The molecule has 0 unspecified atom stereocenters. The molecule has 3 N–H and O–H groups in total. The Labute approximate surface area is 96.6 Å². The van der Waals surface area contributed by atoms with E-state index in [9.17, 15) is 0 Å². The summed E-state index contributed by atoms with van der Waals surface area (Å²) in [5.41, 5.74) is 4.71. The largest absolute Gasteiger partial charge is 0.490 e. The summed E-state index contributed by atoms with van der Waals surface area (Å²) in [5.74, 6) is 6.09. The summed E-state index contributed by atoms with van der Waals surface area (Å²) in [6, 6.07) is 7.50. The second kappa shape index (κ2) is 6.69. The minimum Gasteiger partial charge on any atom is -0.490 e. The Kier molecular flexibility index (Phi) is 5.16. The van der Waals surface area contributed by atoms with E-state index in [2.05, 4.69) is 19.3 Å². The third kappa shape index (κ3) is 4.66. The molecule has 1 aromatic carbocycles. The first-order chi connectivity index (χ1) is 7.72. The molecule has 0 aliphatic heterocycles. The lowest BCUT2D eigenvalue weighted by molar-refractivity contribution is 0.363. The smallest absolute Gasteiger partial charge is 0.119 e. The van der Waals surface area contributed by atoms with E-state index in [1.807, 2.05) is 42.5 Å². The zero-order valence-corrected chi connectivity index (χ0v) is 9.73. The van der Waals surface area contributed by atoms with E-state index < -0.39 is 0 Å². The van der Waals surface area contributed by atoms with Crippen molar-refractivity contribution in [2.75, 3.05) is 12.0 Å². The zero-order valence-electron chi connectivity index (χ0n) is 9.73. The fourth-order valence-electron chi connectivity index (χ4n) is 1.11. The average molecular weight is 218 g/mol. The van der Waals surface area contributed by atoms with Crippen LogP contribution in [0.25, 0.3) is 0 Å². The van der Waals surface area contributed by atoms with Crippen molar-refractivity contribution in [3.05, 3.63) is 48.1 Å². The Morgan fingerprint density at radius 3 is 2.56 bits per heavy atom. The highest BCUT2D eigenvalue weighted by Gasteiger charge is 1.91. The third-order valence-corrected chi connectivity index (χ3v) is 1.93. The van der Waals surface area contributed by atoms with Gasteiger partial charge in [-0.3, -0.25) is 5.84 Å². The highest BCUT2D eigenvalue weighted by Crippen LogP contribution is 2.14. The predicted molar refractivity (Wildman–Crippen MR) is 68.3 cm³/mol. The summed E-state index contributed by atoms with van der Waals surface area (Å²) in [4.78, 5) is 0. The van der Waals surface area contributed by atoms with Crippen molar-refractivity contribution in [3.63, 3.8) is 0 Å². The topological polar surface area (TPSA) is 47.3 Å². The molecule has 3 heteroatoms. The van der Waals surface area contributed by atoms with Crippen LogP contribution in [0.1, 0.15) is 13.8 Å². The number of anilines is 1. The van der Waals surface area contributed by atoms with E-state index >= 15 is 0 Å². The number of ether oxygens (including phenoxy) is 1. The maximum Gasteiger partial charge on any atom is 0.119 e. The van der Waals surface area contributed by atoms with E-state index in [1.54, 1.807) is 0 Å². The number of nitrogens with two attached hydrogens (primary N) is 1. The van der Waals surface area contributed by atoms with E-state index in [1.165, 1.54) is 5.57 Å². The van der Waals surface area contributed by atoms with Gasteiger partial charge in [0.05, 0.1) is 0 Å². The lowest BCUT2D eigenvalue weighted by Gasteiger charge is -2.04. The molecule has 0 atom stereocenters. The molecule has 0 aliphatic carbocycles. The highest BCUT2D eigenvalue weighted by molar-refractivity contribution is 5.45. The number of nitrogens with one attached hydrogen (secondary N) is 1. The summed E-state index contributed by atoms with van der Waals surface area (Å²) in [6.07, 6.45) is 6.01. The second-order valence-corrected chi connectivity index (χ2v) is 3.65. The van der Waals surface area contributed by atoms with Gasteiger partial charge in [0.25, 0.3) is 0 Å². The molecule has 86 valence electrons. The van der Waals surface area contributed by atoms with Gasteiger partial charge < -0.3 is 10.2 Å². The van der Waals surface area contributed by atoms with Crippen molar-refractivity contribution in [1.82, 2.24) is 0 Å². The van der Waals surface area contributed by atoms with E-state index in [0.717, 1.165) is 11.4 Å². The summed E-state index contributed by atoms with van der Waals surface area (Å²) >= 11 is 0. The van der Waals surface area contributed by atoms with Crippen molar-refractivity contribution in [2.24, 2.45) is 5.84 Å². The van der Waals surface area contributed by atoms with Gasteiger partial charge in [0.1, 0.15) is 12.4 Å². The lowest BCUT2D eigenvalue weighted by Crippen LogP contribution is -2.06. The predicted octanol–water partition coefficient (Wildman–Crippen LogP) is 2.87. The molecule has 0 amide bonds. The van der Waals surface area contributed by atoms with Crippen molar-refractivity contribution in [2.45, 2.75) is 13.8 Å². The molecule has 0 spiro atoms. The normalized spacial score (nSPS) is 10.2. The maximum absolute atomic E-state index is 5.50. The van der Waals surface area contributed by atoms with Gasteiger partial charge in [0, 0.05) is 5.69 Å². The van der Waals surface area contributed by atoms with Gasteiger partial charge >= 0.3 is 0 Å². The number of benzene rings is 1. The Balaban J connectivity index is 2.37. The van der Waals surface area contributed by atoms with Gasteiger partial charge in [-0.2, -0.15) is 0 Å². The van der Waals surface area contributed by atoms with Crippen LogP contribution in [0.15, 0.2) is 48.1 Å². The molecule has 0 saturated carbocycles. The van der Waals surface area contributed by atoms with Gasteiger partial charge in [0.15, 0.2) is 0 Å². The molecule has 0 radical (unpaired) electrons. The number of hydrazine groups is 1. The molecule has 0 fully saturated rings. The maximum atomic E-state index is 5.50. The van der Waals surface area contributed by atoms with E-state index in [-0.39, 0.29) is 0 Å². The van der Waals surface area contributed by atoms with Crippen LogP contribution in [-0.2, 0) is 0 Å². The number of hydrogen-bond donors (Lipinski definition) is 2. The monoisotopic (exact) mass is 218 g/mol. The summed E-state index contributed by atoms with van der Waals surface area (Å²) < 4.78 is 5.50. The first-order valence-electron chi connectivity index (χ1n) is 5.22. The van der Waals surface area contributed by atoms with Crippen LogP contribution in [0.2, 0.25) is 0 Å².